The van der Waals surface area contributed by atoms with Crippen LogP contribution in [0.25, 0.3) is 0 Å². The molecule has 0 spiro atoms. The van der Waals surface area contributed by atoms with E-state index in [1.165, 1.54) is 0 Å². The van der Waals surface area contributed by atoms with Gasteiger partial charge in [-0.25, -0.2) is 4.79 Å². The molecule has 0 fully saturated rings. The fraction of sp³-hybridized carbons (Fsp3) is 0.278. The maximum absolute atomic E-state index is 12.0. The fourth-order valence-electron chi connectivity index (χ4n) is 1.90. The fourth-order valence-corrected chi connectivity index (χ4v) is 1.90. The second-order valence-electron chi connectivity index (χ2n) is 5.49. The minimum Gasteiger partial charge on any atom is -0.491 e. The number of carbonyl (C=O) groups is 1. The zero-order valence-electron chi connectivity index (χ0n) is 13.0. The van der Waals surface area contributed by atoms with Crippen LogP contribution in [0.1, 0.15) is 19.4 Å². The standard InChI is InChI=1S/C18H22N2O2/c1-14(2)13-22-17-11-7-6-10-16(17)20-18(21)19-12-15-8-4-3-5-9-15/h3-11,14H,12-13H2,1-2H3,(H2,19,20,21). The van der Waals surface area contributed by atoms with Crippen molar-refractivity contribution in [3.63, 3.8) is 0 Å². The molecular weight excluding hydrogens is 276 g/mol. The van der Waals surface area contributed by atoms with Crippen LogP contribution in [-0.4, -0.2) is 12.6 Å². The number of amides is 2. The summed E-state index contributed by atoms with van der Waals surface area (Å²) in [7, 11) is 0. The quantitative estimate of drug-likeness (QED) is 0.845. The number of rotatable bonds is 6. The van der Waals surface area contributed by atoms with Gasteiger partial charge < -0.3 is 15.4 Å². The molecule has 0 saturated heterocycles. The molecule has 4 nitrogen and oxygen atoms in total. The highest BCUT2D eigenvalue weighted by Gasteiger charge is 2.07. The van der Waals surface area contributed by atoms with Gasteiger partial charge in [0.15, 0.2) is 0 Å². The lowest BCUT2D eigenvalue weighted by atomic mass is 10.2. The number of nitrogens with one attached hydrogen (secondary N) is 2. The molecular formula is C18H22N2O2. The molecule has 0 aliphatic rings. The van der Waals surface area contributed by atoms with E-state index in [4.69, 9.17) is 4.74 Å². The third kappa shape index (κ3) is 5.13. The Balaban J connectivity index is 1.91. The number of benzene rings is 2. The minimum atomic E-state index is -0.246. The highest BCUT2D eigenvalue weighted by Crippen LogP contribution is 2.24. The monoisotopic (exact) mass is 298 g/mol. The number of carbonyl (C=O) groups excluding carboxylic acids is 1. The van der Waals surface area contributed by atoms with E-state index in [1.54, 1.807) is 0 Å². The van der Waals surface area contributed by atoms with E-state index in [9.17, 15) is 4.79 Å². The average molecular weight is 298 g/mol. The van der Waals surface area contributed by atoms with Crippen LogP contribution in [0.3, 0.4) is 0 Å². The van der Waals surface area contributed by atoms with Crippen molar-refractivity contribution in [1.82, 2.24) is 5.32 Å². The number of ether oxygens (including phenoxy) is 1. The van der Waals surface area contributed by atoms with E-state index in [0.717, 1.165) is 5.56 Å². The number of hydrogen-bond acceptors (Lipinski definition) is 2. The van der Waals surface area contributed by atoms with Crippen molar-refractivity contribution in [2.24, 2.45) is 5.92 Å². The Morgan fingerprint density at radius 1 is 1.05 bits per heavy atom. The first-order valence-electron chi connectivity index (χ1n) is 7.46. The number of urea groups is 1. The molecule has 0 unspecified atom stereocenters. The van der Waals surface area contributed by atoms with Crippen molar-refractivity contribution in [2.75, 3.05) is 11.9 Å². The predicted molar refractivity (Wildman–Crippen MR) is 89.1 cm³/mol. The molecule has 22 heavy (non-hydrogen) atoms. The van der Waals surface area contributed by atoms with Crippen LogP contribution >= 0.6 is 0 Å². The highest BCUT2D eigenvalue weighted by molar-refractivity contribution is 5.90. The van der Waals surface area contributed by atoms with Gasteiger partial charge in [-0.05, 0) is 23.6 Å². The van der Waals surface area contributed by atoms with Gasteiger partial charge in [-0.2, -0.15) is 0 Å². The molecule has 0 atom stereocenters. The third-order valence-electron chi connectivity index (χ3n) is 3.00. The first-order chi connectivity index (χ1) is 10.6. The Morgan fingerprint density at radius 2 is 1.73 bits per heavy atom. The Labute approximate surface area is 131 Å². The molecule has 0 bridgehead atoms. The van der Waals surface area contributed by atoms with Gasteiger partial charge in [-0.15, -0.1) is 0 Å². The smallest absolute Gasteiger partial charge is 0.319 e. The van der Waals surface area contributed by atoms with Crippen molar-refractivity contribution in [3.8, 4) is 5.75 Å². The van der Waals surface area contributed by atoms with Crippen molar-refractivity contribution in [3.05, 3.63) is 60.2 Å². The Bertz CT molecular complexity index is 597. The van der Waals surface area contributed by atoms with Crippen LogP contribution < -0.4 is 15.4 Å². The van der Waals surface area contributed by atoms with Gasteiger partial charge in [0.1, 0.15) is 5.75 Å². The second kappa shape index (κ2) is 8.08. The Kier molecular flexibility index (Phi) is 5.83. The van der Waals surface area contributed by atoms with E-state index in [2.05, 4.69) is 24.5 Å². The maximum atomic E-state index is 12.0. The van der Waals surface area contributed by atoms with Crippen LogP contribution in [0.15, 0.2) is 54.6 Å². The molecule has 0 aromatic heterocycles. The van der Waals surface area contributed by atoms with E-state index in [1.807, 2.05) is 54.6 Å². The molecule has 2 amide bonds. The molecule has 116 valence electrons. The summed E-state index contributed by atoms with van der Waals surface area (Å²) in [6.07, 6.45) is 0. The third-order valence-corrected chi connectivity index (χ3v) is 3.00. The van der Waals surface area contributed by atoms with Crippen molar-refractivity contribution in [2.45, 2.75) is 20.4 Å². The maximum Gasteiger partial charge on any atom is 0.319 e. The van der Waals surface area contributed by atoms with Crippen LogP contribution in [0, 0.1) is 5.92 Å². The summed E-state index contributed by atoms with van der Waals surface area (Å²) < 4.78 is 5.72. The summed E-state index contributed by atoms with van der Waals surface area (Å²) in [6, 6.07) is 17.0. The number of anilines is 1. The molecule has 4 heteroatoms. The topological polar surface area (TPSA) is 50.4 Å². The van der Waals surface area contributed by atoms with Gasteiger partial charge in [0, 0.05) is 6.54 Å². The van der Waals surface area contributed by atoms with Gasteiger partial charge in [0.25, 0.3) is 0 Å². The van der Waals surface area contributed by atoms with E-state index in [0.29, 0.717) is 30.5 Å². The lowest BCUT2D eigenvalue weighted by Crippen LogP contribution is -2.28. The van der Waals surface area contributed by atoms with Gasteiger partial charge in [0.05, 0.1) is 12.3 Å². The number of para-hydroxylation sites is 2. The van der Waals surface area contributed by atoms with E-state index >= 15 is 0 Å². The summed E-state index contributed by atoms with van der Waals surface area (Å²) in [5.74, 6) is 1.12. The van der Waals surface area contributed by atoms with Crippen LogP contribution in [-0.2, 0) is 6.54 Å². The first-order valence-corrected chi connectivity index (χ1v) is 7.46. The molecule has 2 aromatic rings. The number of hydrogen-bond donors (Lipinski definition) is 2. The van der Waals surface area contributed by atoms with Gasteiger partial charge in [-0.3, -0.25) is 0 Å². The highest BCUT2D eigenvalue weighted by atomic mass is 16.5. The summed E-state index contributed by atoms with van der Waals surface area (Å²) in [6.45, 7) is 5.28. The molecule has 0 heterocycles. The largest absolute Gasteiger partial charge is 0.491 e. The van der Waals surface area contributed by atoms with Gasteiger partial charge >= 0.3 is 6.03 Å². The molecule has 0 radical (unpaired) electrons. The van der Waals surface area contributed by atoms with Crippen molar-refractivity contribution in [1.29, 1.82) is 0 Å². The van der Waals surface area contributed by atoms with Gasteiger partial charge in [-0.1, -0.05) is 56.3 Å². The van der Waals surface area contributed by atoms with E-state index < -0.39 is 0 Å². The normalized spacial score (nSPS) is 10.3. The molecule has 0 saturated carbocycles. The Hall–Kier alpha value is -2.49. The zero-order valence-corrected chi connectivity index (χ0v) is 13.0. The van der Waals surface area contributed by atoms with E-state index in [-0.39, 0.29) is 6.03 Å². The summed E-state index contributed by atoms with van der Waals surface area (Å²) in [5.41, 5.74) is 1.73. The Morgan fingerprint density at radius 3 is 2.45 bits per heavy atom. The SMILES string of the molecule is CC(C)COc1ccccc1NC(=O)NCc1ccccc1. The van der Waals surface area contributed by atoms with Crippen LogP contribution in [0.5, 0.6) is 5.75 Å². The molecule has 2 N–H and O–H groups in total. The van der Waals surface area contributed by atoms with Gasteiger partial charge in [0.2, 0.25) is 0 Å². The predicted octanol–water partition coefficient (Wildman–Crippen LogP) is 4.04. The zero-order chi connectivity index (χ0) is 15.8. The minimum absolute atomic E-state index is 0.246. The summed E-state index contributed by atoms with van der Waals surface area (Å²) in [5, 5.41) is 5.66. The summed E-state index contributed by atoms with van der Waals surface area (Å²) >= 11 is 0. The lowest BCUT2D eigenvalue weighted by molar-refractivity contribution is 0.251. The van der Waals surface area contributed by atoms with Crippen LogP contribution in [0.4, 0.5) is 10.5 Å². The molecule has 0 aliphatic heterocycles. The first kappa shape index (κ1) is 15.9. The van der Waals surface area contributed by atoms with Crippen molar-refractivity contribution >= 4 is 11.7 Å². The van der Waals surface area contributed by atoms with Crippen molar-refractivity contribution < 1.29 is 9.53 Å². The second-order valence-corrected chi connectivity index (χ2v) is 5.49. The van der Waals surface area contributed by atoms with Crippen LogP contribution in [0.2, 0.25) is 0 Å². The average Bonchev–Trinajstić information content (AvgIpc) is 2.53. The molecule has 0 aliphatic carbocycles. The molecule has 2 aromatic carbocycles. The summed E-state index contributed by atoms with van der Waals surface area (Å²) in [4.78, 5) is 12.0. The lowest BCUT2D eigenvalue weighted by Gasteiger charge is -2.14. The molecule has 2 rings (SSSR count).